The highest BCUT2D eigenvalue weighted by Gasteiger charge is 2.32. The molecular weight excluding hydrogens is 337 g/mol. The lowest BCUT2D eigenvalue weighted by Gasteiger charge is -2.06. The molecule has 0 radical (unpaired) electrons. The van der Waals surface area contributed by atoms with E-state index in [1.165, 1.54) is 6.07 Å². The van der Waals surface area contributed by atoms with Gasteiger partial charge in [0.15, 0.2) is 5.69 Å². The van der Waals surface area contributed by atoms with Gasteiger partial charge in [0.1, 0.15) is 17.3 Å². The smallest absolute Gasteiger partial charge is 0.435 e. The maximum absolute atomic E-state index is 12.4. The number of hydrogen-bond donors (Lipinski definition) is 1. The summed E-state index contributed by atoms with van der Waals surface area (Å²) in [6.07, 6.45) is -2.81. The second-order valence-electron chi connectivity index (χ2n) is 5.01. The first kappa shape index (κ1) is 16.7. The molecule has 0 aliphatic heterocycles. The Kier molecular flexibility index (Phi) is 4.50. The van der Waals surface area contributed by atoms with Crippen molar-refractivity contribution in [2.75, 3.05) is 12.4 Å². The first-order chi connectivity index (χ1) is 12.0. The summed E-state index contributed by atoms with van der Waals surface area (Å²) >= 11 is 0. The molecule has 0 bridgehead atoms. The van der Waals surface area contributed by atoms with Crippen molar-refractivity contribution < 1.29 is 17.9 Å². The molecule has 10 heteroatoms. The van der Waals surface area contributed by atoms with Gasteiger partial charge in [0.05, 0.1) is 25.5 Å². The van der Waals surface area contributed by atoms with E-state index in [0.717, 1.165) is 17.5 Å². The zero-order valence-corrected chi connectivity index (χ0v) is 13.0. The number of benzene rings is 1. The molecule has 0 atom stereocenters. The van der Waals surface area contributed by atoms with E-state index < -0.39 is 11.9 Å². The van der Waals surface area contributed by atoms with Gasteiger partial charge in [-0.2, -0.15) is 13.2 Å². The molecule has 1 N–H and O–H groups in total. The molecule has 0 aliphatic rings. The Hall–Kier alpha value is -3.17. The number of nitrogens with zero attached hydrogens (tertiary/aromatic N) is 5. The third-order valence-electron chi connectivity index (χ3n) is 3.28. The lowest BCUT2D eigenvalue weighted by molar-refractivity contribution is -0.141. The molecule has 3 aromatic rings. The number of hydrogen-bond acceptors (Lipinski definition) is 6. The van der Waals surface area contributed by atoms with E-state index in [-0.39, 0.29) is 12.4 Å². The van der Waals surface area contributed by atoms with Crippen molar-refractivity contribution in [1.82, 2.24) is 25.2 Å². The number of halogens is 3. The second-order valence-corrected chi connectivity index (χ2v) is 5.01. The van der Waals surface area contributed by atoms with Crippen molar-refractivity contribution >= 4 is 5.82 Å². The summed E-state index contributed by atoms with van der Waals surface area (Å²) in [5, 5.41) is 17.5. The Morgan fingerprint density at radius 2 is 1.80 bits per heavy atom. The van der Waals surface area contributed by atoms with Crippen molar-refractivity contribution in [1.29, 1.82) is 0 Å². The third kappa shape index (κ3) is 4.03. The Morgan fingerprint density at radius 1 is 1.04 bits per heavy atom. The molecule has 0 aliphatic carbocycles. The van der Waals surface area contributed by atoms with Crippen LogP contribution < -0.4 is 10.1 Å². The van der Waals surface area contributed by atoms with E-state index in [0.29, 0.717) is 5.69 Å². The third-order valence-corrected chi connectivity index (χ3v) is 3.28. The van der Waals surface area contributed by atoms with Crippen LogP contribution in [-0.4, -0.2) is 32.3 Å². The summed E-state index contributed by atoms with van der Waals surface area (Å²) in [5.74, 6) is 0.943. The molecular formula is C15H13F3N6O. The van der Waals surface area contributed by atoms with Gasteiger partial charge in [0.25, 0.3) is 0 Å². The molecule has 0 fully saturated rings. The topological polar surface area (TPSA) is 77.8 Å². The van der Waals surface area contributed by atoms with Crippen LogP contribution in [0.25, 0.3) is 5.69 Å². The minimum Gasteiger partial charge on any atom is -0.497 e. The van der Waals surface area contributed by atoms with E-state index in [2.05, 4.69) is 25.8 Å². The molecule has 25 heavy (non-hydrogen) atoms. The number of alkyl halides is 3. The largest absolute Gasteiger partial charge is 0.497 e. The molecule has 130 valence electrons. The Bertz CT molecular complexity index is 830. The van der Waals surface area contributed by atoms with Gasteiger partial charge >= 0.3 is 6.18 Å². The molecule has 1 aromatic carbocycles. The lowest BCUT2D eigenvalue weighted by Crippen LogP contribution is -2.10. The highest BCUT2D eigenvalue weighted by atomic mass is 19.4. The van der Waals surface area contributed by atoms with Crippen molar-refractivity contribution in [2.24, 2.45) is 0 Å². The zero-order chi connectivity index (χ0) is 17.9. The molecule has 0 unspecified atom stereocenters. The van der Waals surface area contributed by atoms with Gasteiger partial charge in [-0.25, -0.2) is 4.68 Å². The summed E-state index contributed by atoms with van der Waals surface area (Å²) in [6, 6.07) is 9.32. The van der Waals surface area contributed by atoms with E-state index in [1.807, 2.05) is 12.1 Å². The van der Waals surface area contributed by atoms with Crippen molar-refractivity contribution in [3.05, 3.63) is 54.0 Å². The zero-order valence-electron chi connectivity index (χ0n) is 13.0. The van der Waals surface area contributed by atoms with Gasteiger partial charge in [0, 0.05) is 0 Å². The quantitative estimate of drug-likeness (QED) is 0.762. The molecule has 0 amide bonds. The summed E-state index contributed by atoms with van der Waals surface area (Å²) in [7, 11) is 1.58. The second kappa shape index (κ2) is 6.75. The molecule has 2 aromatic heterocycles. The Morgan fingerprint density at radius 3 is 2.40 bits per heavy atom. The fraction of sp³-hybridized carbons (Fsp3) is 0.200. The average molecular weight is 350 g/mol. The predicted molar refractivity (Wildman–Crippen MR) is 82.3 cm³/mol. The van der Waals surface area contributed by atoms with E-state index >= 15 is 0 Å². The molecule has 7 nitrogen and oxygen atoms in total. The van der Waals surface area contributed by atoms with Gasteiger partial charge in [-0.3, -0.25) is 0 Å². The first-order valence-corrected chi connectivity index (χ1v) is 7.16. The highest BCUT2D eigenvalue weighted by molar-refractivity contribution is 5.37. The summed E-state index contributed by atoms with van der Waals surface area (Å²) in [5.41, 5.74) is 0.356. The monoisotopic (exact) mass is 350 g/mol. The number of methoxy groups -OCH3 is 1. The van der Waals surface area contributed by atoms with Crippen LogP contribution in [0.5, 0.6) is 5.75 Å². The number of anilines is 1. The van der Waals surface area contributed by atoms with Gasteiger partial charge in [-0.15, -0.1) is 15.3 Å². The van der Waals surface area contributed by atoms with Crippen LogP contribution in [0.2, 0.25) is 0 Å². The molecule has 0 saturated carbocycles. The maximum Gasteiger partial charge on any atom is 0.435 e. The van der Waals surface area contributed by atoms with Gasteiger partial charge in [0.2, 0.25) is 0 Å². The summed E-state index contributed by atoms with van der Waals surface area (Å²) in [4.78, 5) is 0. The standard InChI is InChI=1S/C15H13F3N6O/c1-25-12-4-2-11(3-5-12)24-9-10(20-23-24)8-19-14-7-6-13(21-22-14)15(16,17)18/h2-7,9H,8H2,1H3,(H,19,22). The fourth-order valence-electron chi connectivity index (χ4n) is 2.00. The molecule has 0 saturated heterocycles. The van der Waals surface area contributed by atoms with Crippen LogP contribution in [0.1, 0.15) is 11.4 Å². The van der Waals surface area contributed by atoms with Crippen LogP contribution in [-0.2, 0) is 12.7 Å². The average Bonchev–Trinajstić information content (AvgIpc) is 3.09. The number of rotatable bonds is 5. The van der Waals surface area contributed by atoms with Gasteiger partial charge < -0.3 is 10.1 Å². The van der Waals surface area contributed by atoms with Crippen LogP contribution in [0, 0.1) is 0 Å². The molecule has 2 heterocycles. The molecule has 3 rings (SSSR count). The summed E-state index contributed by atoms with van der Waals surface area (Å²) < 4.78 is 44.0. The van der Waals surface area contributed by atoms with E-state index in [4.69, 9.17) is 4.74 Å². The van der Waals surface area contributed by atoms with Crippen molar-refractivity contribution in [3.63, 3.8) is 0 Å². The SMILES string of the molecule is COc1ccc(-n2cc(CNc3ccc(C(F)(F)F)nn3)nn2)cc1. The van der Waals surface area contributed by atoms with Crippen LogP contribution >= 0.6 is 0 Å². The lowest BCUT2D eigenvalue weighted by atomic mass is 10.3. The minimum absolute atomic E-state index is 0.215. The number of nitrogens with one attached hydrogen (secondary N) is 1. The summed E-state index contributed by atoms with van der Waals surface area (Å²) in [6.45, 7) is 0.246. The minimum atomic E-state index is -4.51. The highest BCUT2D eigenvalue weighted by Crippen LogP contribution is 2.27. The number of aromatic nitrogens is 5. The number of ether oxygens (including phenoxy) is 1. The van der Waals surface area contributed by atoms with Gasteiger partial charge in [-0.1, -0.05) is 5.21 Å². The maximum atomic E-state index is 12.4. The Balaban J connectivity index is 1.63. The fourth-order valence-corrected chi connectivity index (χ4v) is 2.00. The predicted octanol–water partition coefficient (Wildman–Crippen LogP) is 2.70. The first-order valence-electron chi connectivity index (χ1n) is 7.16. The van der Waals surface area contributed by atoms with Crippen molar-refractivity contribution in [2.45, 2.75) is 12.7 Å². The van der Waals surface area contributed by atoms with Gasteiger partial charge in [-0.05, 0) is 36.4 Å². The van der Waals surface area contributed by atoms with E-state index in [9.17, 15) is 13.2 Å². The molecule has 0 spiro atoms. The van der Waals surface area contributed by atoms with Crippen LogP contribution in [0.15, 0.2) is 42.6 Å². The van der Waals surface area contributed by atoms with Crippen LogP contribution in [0.4, 0.5) is 19.0 Å². The van der Waals surface area contributed by atoms with Crippen molar-refractivity contribution in [3.8, 4) is 11.4 Å². The van der Waals surface area contributed by atoms with E-state index in [1.54, 1.807) is 30.1 Å². The Labute approximate surface area is 140 Å². The van der Waals surface area contributed by atoms with Crippen LogP contribution in [0.3, 0.4) is 0 Å². The normalized spacial score (nSPS) is 11.4.